The van der Waals surface area contributed by atoms with Crippen LogP contribution < -0.4 is 0 Å². The fraction of sp³-hybridized carbons (Fsp3) is 0.308. The number of hydrogen-bond acceptors (Lipinski definition) is 5. The van der Waals surface area contributed by atoms with Gasteiger partial charge in [-0.1, -0.05) is 11.6 Å². The maximum Gasteiger partial charge on any atom is 0.436 e. The third kappa shape index (κ3) is 2.42. The first kappa shape index (κ1) is 15.8. The van der Waals surface area contributed by atoms with Gasteiger partial charge < -0.3 is 0 Å². The van der Waals surface area contributed by atoms with Crippen LogP contribution in [0, 0.1) is 6.92 Å². The molecule has 25 heavy (non-hydrogen) atoms. The molecule has 0 aliphatic heterocycles. The average molecular weight is 371 g/mol. The van der Waals surface area contributed by atoms with Gasteiger partial charge in [0.15, 0.2) is 22.8 Å². The molecule has 0 spiro atoms. The molecule has 0 amide bonds. The number of fused-ring (bicyclic) bond motifs is 3. The lowest BCUT2D eigenvalue weighted by Gasteiger charge is -2.01. The van der Waals surface area contributed by atoms with E-state index in [2.05, 4.69) is 25.3 Å². The lowest BCUT2D eigenvalue weighted by atomic mass is 10.3. The van der Waals surface area contributed by atoms with Crippen LogP contribution in [0.1, 0.15) is 17.2 Å². The molecule has 0 bridgehead atoms. The first-order valence-corrected chi connectivity index (χ1v) is 7.45. The Bertz CT molecular complexity index is 1110. The summed E-state index contributed by atoms with van der Waals surface area (Å²) in [5.74, 6) is 0.286. The highest BCUT2D eigenvalue weighted by atomic mass is 35.5. The van der Waals surface area contributed by atoms with Crippen molar-refractivity contribution in [2.45, 2.75) is 19.6 Å². The van der Waals surface area contributed by atoms with Gasteiger partial charge in [0.1, 0.15) is 12.9 Å². The second-order valence-corrected chi connectivity index (χ2v) is 5.83. The molecule has 8 nitrogen and oxygen atoms in total. The van der Waals surface area contributed by atoms with Gasteiger partial charge in [-0.05, 0) is 6.92 Å². The van der Waals surface area contributed by atoms with E-state index in [0.29, 0.717) is 16.7 Å². The third-order valence-electron chi connectivity index (χ3n) is 3.81. The van der Waals surface area contributed by atoms with Gasteiger partial charge in [0.25, 0.3) is 0 Å². The van der Waals surface area contributed by atoms with E-state index in [4.69, 9.17) is 11.6 Å². The predicted molar refractivity (Wildman–Crippen MR) is 81.1 cm³/mol. The van der Waals surface area contributed by atoms with E-state index >= 15 is 0 Å². The van der Waals surface area contributed by atoms with Crippen LogP contribution in [0.3, 0.4) is 0 Å². The van der Waals surface area contributed by atoms with Crippen molar-refractivity contribution in [2.75, 3.05) is 0 Å². The minimum Gasteiger partial charge on any atom is -0.260 e. The number of aromatic nitrogens is 8. The lowest BCUT2D eigenvalue weighted by Crippen LogP contribution is -2.10. The summed E-state index contributed by atoms with van der Waals surface area (Å²) in [7, 11) is 1.75. The molecule has 0 saturated carbocycles. The fourth-order valence-electron chi connectivity index (χ4n) is 2.54. The molecule has 0 aromatic carbocycles. The van der Waals surface area contributed by atoms with E-state index in [-0.39, 0.29) is 18.1 Å². The quantitative estimate of drug-likeness (QED) is 0.540. The summed E-state index contributed by atoms with van der Waals surface area (Å²) in [4.78, 5) is 8.59. The first-order chi connectivity index (χ1) is 11.8. The summed E-state index contributed by atoms with van der Waals surface area (Å²) < 4.78 is 42.9. The van der Waals surface area contributed by atoms with Gasteiger partial charge in [-0.15, -0.1) is 5.10 Å². The first-order valence-electron chi connectivity index (χ1n) is 7.08. The van der Waals surface area contributed by atoms with Crippen LogP contribution in [0.5, 0.6) is 0 Å². The van der Waals surface area contributed by atoms with Crippen LogP contribution >= 0.6 is 11.6 Å². The van der Waals surface area contributed by atoms with Gasteiger partial charge in [0.2, 0.25) is 0 Å². The van der Waals surface area contributed by atoms with E-state index in [0.717, 1.165) is 4.68 Å². The highest BCUT2D eigenvalue weighted by Gasteiger charge is 2.38. The van der Waals surface area contributed by atoms with Crippen LogP contribution in [-0.2, 0) is 19.8 Å². The van der Waals surface area contributed by atoms with E-state index in [1.54, 1.807) is 17.9 Å². The summed E-state index contributed by atoms with van der Waals surface area (Å²) >= 11 is 5.75. The van der Waals surface area contributed by atoms with E-state index < -0.39 is 16.9 Å². The minimum absolute atomic E-state index is 0.0505. The van der Waals surface area contributed by atoms with E-state index in [1.807, 2.05) is 0 Å². The Morgan fingerprint density at radius 3 is 2.64 bits per heavy atom. The zero-order chi connectivity index (χ0) is 17.9. The Kier molecular flexibility index (Phi) is 3.26. The highest BCUT2D eigenvalue weighted by molar-refractivity contribution is 6.31. The van der Waals surface area contributed by atoms with Crippen LogP contribution in [0.15, 0.2) is 12.5 Å². The third-order valence-corrected chi connectivity index (χ3v) is 4.26. The number of aryl methyl sites for hydroxylation is 1. The topological polar surface area (TPSA) is 78.7 Å². The van der Waals surface area contributed by atoms with Crippen molar-refractivity contribution in [2.24, 2.45) is 7.05 Å². The Labute approximate surface area is 142 Å². The van der Waals surface area contributed by atoms with Crippen LogP contribution in [0.4, 0.5) is 13.2 Å². The second kappa shape index (κ2) is 5.15. The molecule has 4 heterocycles. The molecule has 0 aliphatic rings. The smallest absolute Gasteiger partial charge is 0.260 e. The molecule has 4 aromatic heterocycles. The zero-order valence-electron chi connectivity index (χ0n) is 13.0. The van der Waals surface area contributed by atoms with Crippen molar-refractivity contribution >= 4 is 28.3 Å². The second-order valence-electron chi connectivity index (χ2n) is 5.45. The number of halogens is 4. The van der Waals surface area contributed by atoms with E-state index in [1.165, 1.54) is 17.8 Å². The molecule has 0 aliphatic carbocycles. The Hall–Kier alpha value is -2.69. The van der Waals surface area contributed by atoms with Crippen molar-refractivity contribution in [3.8, 4) is 0 Å². The zero-order valence-corrected chi connectivity index (χ0v) is 13.7. The maximum absolute atomic E-state index is 12.9. The van der Waals surface area contributed by atoms with Gasteiger partial charge in [-0.2, -0.15) is 23.4 Å². The monoisotopic (exact) mass is 370 g/mol. The van der Waals surface area contributed by atoms with Gasteiger partial charge in [-0.3, -0.25) is 9.36 Å². The lowest BCUT2D eigenvalue weighted by molar-refractivity contribution is -0.141. The molecule has 0 fully saturated rings. The van der Waals surface area contributed by atoms with Crippen LogP contribution in [0.25, 0.3) is 16.7 Å². The van der Waals surface area contributed by atoms with Crippen molar-refractivity contribution in [3.05, 3.63) is 34.8 Å². The Balaban J connectivity index is 1.78. The Morgan fingerprint density at radius 2 is 1.96 bits per heavy atom. The number of nitrogens with zero attached hydrogens (tertiary/aromatic N) is 8. The van der Waals surface area contributed by atoms with Gasteiger partial charge in [0, 0.05) is 7.05 Å². The van der Waals surface area contributed by atoms with Crippen molar-refractivity contribution in [1.82, 2.24) is 39.1 Å². The van der Waals surface area contributed by atoms with Crippen molar-refractivity contribution < 1.29 is 13.2 Å². The maximum atomic E-state index is 12.9. The van der Waals surface area contributed by atoms with Crippen LogP contribution in [0.2, 0.25) is 5.02 Å². The molecule has 130 valence electrons. The summed E-state index contributed by atoms with van der Waals surface area (Å²) in [6.07, 6.45) is -1.54. The summed E-state index contributed by atoms with van der Waals surface area (Å²) in [5, 5.41) is 12.2. The number of hydrogen-bond donors (Lipinski definition) is 0. The number of rotatable bonds is 2. The number of alkyl halides is 3. The summed E-state index contributed by atoms with van der Waals surface area (Å²) in [6, 6.07) is 0. The average Bonchev–Trinajstić information content (AvgIpc) is 3.18. The molecule has 0 unspecified atom stereocenters. The highest BCUT2D eigenvalue weighted by Crippen LogP contribution is 2.35. The molecular weight excluding hydrogens is 361 g/mol. The molecule has 0 N–H and O–H groups in total. The molecule has 4 aromatic rings. The van der Waals surface area contributed by atoms with Gasteiger partial charge in [0.05, 0.1) is 22.3 Å². The largest absolute Gasteiger partial charge is 0.436 e. The molecule has 0 saturated heterocycles. The standard InChI is InChI=1S/C13H10ClF3N8/c1-6-9(14)10(13(15,16)17)22-24(6)4-8-20-12-7-3-19-23(2)11(7)18-5-25(12)21-8/h3,5H,4H2,1-2H3. The molecule has 12 heteroatoms. The SMILES string of the molecule is Cc1c(Cl)c(C(F)(F)F)nn1Cc1nc2c3cnn(C)c3ncn2n1. The molecular formula is C13H10ClF3N8. The summed E-state index contributed by atoms with van der Waals surface area (Å²) in [5.41, 5.74) is 0.216. The predicted octanol–water partition coefficient (Wildman–Crippen LogP) is 2.24. The normalized spacial score (nSPS) is 12.6. The van der Waals surface area contributed by atoms with E-state index in [9.17, 15) is 13.2 Å². The van der Waals surface area contributed by atoms with Crippen molar-refractivity contribution in [1.29, 1.82) is 0 Å². The Morgan fingerprint density at radius 1 is 1.20 bits per heavy atom. The fourth-order valence-corrected chi connectivity index (χ4v) is 2.79. The van der Waals surface area contributed by atoms with Crippen molar-refractivity contribution in [3.63, 3.8) is 0 Å². The minimum atomic E-state index is -4.62. The molecule has 4 rings (SSSR count). The molecule has 0 atom stereocenters. The van der Waals surface area contributed by atoms with Gasteiger partial charge >= 0.3 is 6.18 Å². The summed E-state index contributed by atoms with van der Waals surface area (Å²) in [6.45, 7) is 1.41. The van der Waals surface area contributed by atoms with Crippen LogP contribution in [-0.4, -0.2) is 39.1 Å². The van der Waals surface area contributed by atoms with Gasteiger partial charge in [-0.25, -0.2) is 14.5 Å². The molecule has 0 radical (unpaired) electrons.